The Kier molecular flexibility index (Phi) is 4.28. The van der Waals surface area contributed by atoms with Crippen molar-refractivity contribution in [3.63, 3.8) is 0 Å². The Balaban J connectivity index is 2.34. The van der Waals surface area contributed by atoms with E-state index in [1.165, 1.54) is 24.5 Å². The molecule has 2 N–H and O–H groups in total. The first-order valence-corrected chi connectivity index (χ1v) is 7.03. The molecule has 0 unspecified atom stereocenters. The van der Waals surface area contributed by atoms with E-state index < -0.39 is 5.97 Å². The third kappa shape index (κ3) is 3.22. The molecule has 0 fully saturated rings. The number of hydrogen-bond acceptors (Lipinski definition) is 4. The van der Waals surface area contributed by atoms with Crippen LogP contribution in [0.2, 0.25) is 0 Å². The zero-order chi connectivity index (χ0) is 15.6. The summed E-state index contributed by atoms with van der Waals surface area (Å²) in [5, 5.41) is 12.1. The van der Waals surface area contributed by atoms with Gasteiger partial charge in [-0.15, -0.1) is 11.3 Å². The number of anilines is 1. The zero-order valence-electron chi connectivity index (χ0n) is 11.9. The molecule has 0 atom stereocenters. The molecule has 1 aromatic heterocycles. The van der Waals surface area contributed by atoms with Crippen LogP contribution in [0, 0.1) is 13.8 Å². The van der Waals surface area contributed by atoms with Gasteiger partial charge in [-0.3, -0.25) is 4.79 Å². The van der Waals surface area contributed by atoms with Gasteiger partial charge in [0.25, 0.3) is 5.91 Å². The van der Waals surface area contributed by atoms with Crippen molar-refractivity contribution >= 4 is 28.2 Å². The number of ether oxygens (including phenoxy) is 1. The van der Waals surface area contributed by atoms with Crippen LogP contribution in [0.15, 0.2) is 24.3 Å². The minimum Gasteiger partial charge on any atom is -0.496 e. The van der Waals surface area contributed by atoms with Gasteiger partial charge in [0.05, 0.1) is 18.2 Å². The molecule has 6 heteroatoms. The summed E-state index contributed by atoms with van der Waals surface area (Å²) in [4.78, 5) is 24.3. The highest BCUT2D eigenvalue weighted by atomic mass is 32.1. The predicted molar refractivity (Wildman–Crippen MR) is 81.7 cm³/mol. The second-order valence-corrected chi connectivity index (χ2v) is 5.82. The lowest BCUT2D eigenvalue weighted by Gasteiger charge is -2.09. The Morgan fingerprint density at radius 2 is 1.90 bits per heavy atom. The topological polar surface area (TPSA) is 75.6 Å². The number of thiophene rings is 1. The van der Waals surface area contributed by atoms with Crippen LogP contribution in [-0.4, -0.2) is 24.1 Å². The van der Waals surface area contributed by atoms with E-state index in [1.807, 2.05) is 13.0 Å². The quantitative estimate of drug-likeness (QED) is 0.908. The Hall–Kier alpha value is -2.34. The van der Waals surface area contributed by atoms with Crippen molar-refractivity contribution in [3.8, 4) is 5.75 Å². The van der Waals surface area contributed by atoms with Crippen LogP contribution in [0.4, 0.5) is 5.00 Å². The highest BCUT2D eigenvalue weighted by molar-refractivity contribution is 7.16. The zero-order valence-corrected chi connectivity index (χ0v) is 12.7. The number of nitrogens with one attached hydrogen (secondary N) is 1. The molecule has 0 aliphatic heterocycles. The van der Waals surface area contributed by atoms with Crippen molar-refractivity contribution in [2.24, 2.45) is 0 Å². The van der Waals surface area contributed by atoms with Crippen molar-refractivity contribution in [2.75, 3.05) is 12.4 Å². The highest BCUT2D eigenvalue weighted by Gasteiger charge is 2.18. The molecule has 0 saturated heterocycles. The lowest BCUT2D eigenvalue weighted by atomic mass is 10.1. The number of carbonyl (C=O) groups is 2. The molecule has 1 amide bonds. The molecule has 0 aliphatic rings. The molecule has 2 rings (SSSR count). The van der Waals surface area contributed by atoms with Crippen molar-refractivity contribution in [1.29, 1.82) is 0 Å². The summed E-state index contributed by atoms with van der Waals surface area (Å²) < 4.78 is 5.17. The van der Waals surface area contributed by atoms with Crippen LogP contribution >= 0.6 is 11.3 Å². The average Bonchev–Trinajstić information content (AvgIpc) is 2.79. The Bertz CT molecular complexity index is 706. The van der Waals surface area contributed by atoms with E-state index in [0.29, 0.717) is 16.3 Å². The first-order valence-electron chi connectivity index (χ1n) is 6.22. The normalized spacial score (nSPS) is 10.2. The molecule has 0 saturated carbocycles. The number of carbonyl (C=O) groups excluding carboxylic acids is 1. The van der Waals surface area contributed by atoms with Crippen molar-refractivity contribution in [3.05, 3.63) is 45.8 Å². The van der Waals surface area contributed by atoms with Gasteiger partial charge in [0.1, 0.15) is 10.8 Å². The van der Waals surface area contributed by atoms with Gasteiger partial charge in [-0.1, -0.05) is 11.6 Å². The largest absolute Gasteiger partial charge is 0.496 e. The van der Waals surface area contributed by atoms with Crippen LogP contribution in [0.25, 0.3) is 0 Å². The molecule has 1 aromatic carbocycles. The first-order chi connectivity index (χ1) is 9.92. The van der Waals surface area contributed by atoms with Gasteiger partial charge in [-0.25, -0.2) is 4.79 Å². The molecule has 0 radical (unpaired) electrons. The van der Waals surface area contributed by atoms with E-state index in [1.54, 1.807) is 19.1 Å². The number of carboxylic acid groups (broad SMARTS) is 1. The van der Waals surface area contributed by atoms with Gasteiger partial charge in [0.2, 0.25) is 0 Å². The van der Waals surface area contributed by atoms with Gasteiger partial charge in [0.15, 0.2) is 0 Å². The molecule has 0 aliphatic carbocycles. The van der Waals surface area contributed by atoms with E-state index in [2.05, 4.69) is 5.32 Å². The first kappa shape index (κ1) is 15.1. The van der Waals surface area contributed by atoms with E-state index >= 15 is 0 Å². The number of carboxylic acids is 1. The molecule has 110 valence electrons. The van der Waals surface area contributed by atoms with Crippen LogP contribution in [-0.2, 0) is 0 Å². The summed E-state index contributed by atoms with van der Waals surface area (Å²) in [6.45, 7) is 3.66. The maximum atomic E-state index is 12.4. The number of amides is 1. The number of benzene rings is 1. The minimum absolute atomic E-state index is 0.0949. The monoisotopic (exact) mass is 305 g/mol. The number of aromatic carboxylic acids is 1. The summed E-state index contributed by atoms with van der Waals surface area (Å²) in [6, 6.07) is 6.79. The van der Waals surface area contributed by atoms with Crippen LogP contribution in [0.5, 0.6) is 5.75 Å². The fraction of sp³-hybridized carbons (Fsp3) is 0.200. The second kappa shape index (κ2) is 5.97. The summed E-state index contributed by atoms with van der Waals surface area (Å²) in [7, 11) is 1.49. The molecule has 1 heterocycles. The van der Waals surface area contributed by atoms with Crippen LogP contribution < -0.4 is 10.1 Å². The van der Waals surface area contributed by atoms with Crippen molar-refractivity contribution < 1.29 is 19.4 Å². The maximum absolute atomic E-state index is 12.4. The molecule has 2 aromatic rings. The maximum Gasteiger partial charge on any atom is 0.338 e. The minimum atomic E-state index is -1.06. The van der Waals surface area contributed by atoms with Gasteiger partial charge in [-0.05, 0) is 32.0 Å². The van der Waals surface area contributed by atoms with Crippen LogP contribution in [0.1, 0.15) is 31.2 Å². The van der Waals surface area contributed by atoms with E-state index in [9.17, 15) is 9.59 Å². The van der Waals surface area contributed by atoms with Gasteiger partial charge in [0, 0.05) is 4.88 Å². The molecule has 5 nitrogen and oxygen atoms in total. The lowest BCUT2D eigenvalue weighted by molar-refractivity contribution is 0.0698. The molecular formula is C15H15NO4S. The molecule has 21 heavy (non-hydrogen) atoms. The predicted octanol–water partition coefficient (Wildman–Crippen LogP) is 3.32. The van der Waals surface area contributed by atoms with Gasteiger partial charge < -0.3 is 15.2 Å². The van der Waals surface area contributed by atoms with Crippen molar-refractivity contribution in [2.45, 2.75) is 13.8 Å². The van der Waals surface area contributed by atoms with E-state index in [-0.39, 0.29) is 11.5 Å². The standard InChI is InChI=1S/C15H15NO4S/c1-8-4-5-12(20-3)10(6-8)13(17)16-14-11(15(18)19)7-9(2)21-14/h4-7H,1-3H3,(H,16,17)(H,18,19). The van der Waals surface area contributed by atoms with E-state index in [4.69, 9.17) is 9.84 Å². The number of aryl methyl sites for hydroxylation is 2. The third-order valence-electron chi connectivity index (χ3n) is 2.91. The fourth-order valence-electron chi connectivity index (χ4n) is 1.94. The molecule has 0 bridgehead atoms. The summed E-state index contributed by atoms with van der Waals surface area (Å²) in [5.74, 6) is -1.01. The third-order valence-corrected chi connectivity index (χ3v) is 3.88. The van der Waals surface area contributed by atoms with Crippen molar-refractivity contribution in [1.82, 2.24) is 0 Å². The van der Waals surface area contributed by atoms with E-state index in [0.717, 1.165) is 10.4 Å². The number of hydrogen-bond donors (Lipinski definition) is 2. The van der Waals surface area contributed by atoms with Gasteiger partial charge in [-0.2, -0.15) is 0 Å². The Labute approximate surface area is 126 Å². The smallest absolute Gasteiger partial charge is 0.338 e. The summed E-state index contributed by atoms with van der Waals surface area (Å²) in [5.41, 5.74) is 1.39. The SMILES string of the molecule is COc1ccc(C)cc1C(=O)Nc1sc(C)cc1C(=O)O. The second-order valence-electron chi connectivity index (χ2n) is 4.56. The average molecular weight is 305 g/mol. The molecular weight excluding hydrogens is 290 g/mol. The highest BCUT2D eigenvalue weighted by Crippen LogP contribution is 2.29. The Morgan fingerprint density at radius 1 is 1.19 bits per heavy atom. The fourth-order valence-corrected chi connectivity index (χ4v) is 2.83. The summed E-state index contributed by atoms with van der Waals surface area (Å²) in [6.07, 6.45) is 0. The lowest BCUT2D eigenvalue weighted by Crippen LogP contribution is -2.14. The van der Waals surface area contributed by atoms with Crippen LogP contribution in [0.3, 0.4) is 0 Å². The number of rotatable bonds is 4. The Morgan fingerprint density at radius 3 is 2.52 bits per heavy atom. The van der Waals surface area contributed by atoms with Gasteiger partial charge >= 0.3 is 5.97 Å². The molecule has 0 spiro atoms. The summed E-state index contributed by atoms with van der Waals surface area (Å²) >= 11 is 1.23. The number of methoxy groups -OCH3 is 1.